The maximum absolute atomic E-state index is 12.9. The Hall–Kier alpha value is -2.50. The normalized spacial score (nSPS) is 17.1. The largest absolute Gasteiger partial charge is 0.344 e. The van der Waals surface area contributed by atoms with Crippen LogP contribution in [0.4, 0.5) is 10.5 Å². The van der Waals surface area contributed by atoms with E-state index < -0.39 is 0 Å². The molecule has 0 spiro atoms. The molecule has 0 radical (unpaired) electrons. The second-order valence-electron chi connectivity index (χ2n) is 6.76. The van der Waals surface area contributed by atoms with Crippen LogP contribution in [0.5, 0.6) is 0 Å². The van der Waals surface area contributed by atoms with Gasteiger partial charge in [-0.15, -0.1) is 0 Å². The molecule has 28 heavy (non-hydrogen) atoms. The van der Waals surface area contributed by atoms with E-state index in [0.29, 0.717) is 21.7 Å². The first-order chi connectivity index (χ1) is 13.5. The lowest BCUT2D eigenvalue weighted by Gasteiger charge is -2.12. The van der Waals surface area contributed by atoms with Crippen molar-refractivity contribution in [1.82, 2.24) is 4.57 Å². The maximum atomic E-state index is 12.9. The number of carbonyl (C=O) groups is 2. The van der Waals surface area contributed by atoms with E-state index in [4.69, 9.17) is 11.6 Å². The number of nitrogens with zero attached hydrogens (tertiary/aromatic N) is 2. The molecule has 6 heteroatoms. The number of thioether (sulfide) groups is 1. The van der Waals surface area contributed by atoms with Gasteiger partial charge in [0.15, 0.2) is 0 Å². The number of amides is 2. The zero-order valence-electron chi connectivity index (χ0n) is 15.6. The number of aromatic nitrogens is 1. The number of carbonyl (C=O) groups excluding carboxylic acids is 2. The third-order valence-corrected chi connectivity index (χ3v) is 6.12. The van der Waals surface area contributed by atoms with Crippen molar-refractivity contribution < 1.29 is 9.59 Å². The highest BCUT2D eigenvalue weighted by Gasteiger charge is 2.36. The summed E-state index contributed by atoms with van der Waals surface area (Å²) in [7, 11) is 0. The third kappa shape index (κ3) is 3.25. The number of anilines is 1. The Morgan fingerprint density at radius 2 is 1.82 bits per heavy atom. The zero-order valence-corrected chi connectivity index (χ0v) is 17.1. The Morgan fingerprint density at radius 1 is 1.11 bits per heavy atom. The third-order valence-electron chi connectivity index (χ3n) is 5.00. The fraction of sp³-hybridized carbons (Fsp3) is 0.182. The summed E-state index contributed by atoms with van der Waals surface area (Å²) in [5.41, 5.74) is 2.59. The number of fused-ring (bicyclic) bond motifs is 1. The van der Waals surface area contributed by atoms with Crippen LogP contribution in [0.2, 0.25) is 5.02 Å². The summed E-state index contributed by atoms with van der Waals surface area (Å²) in [6.07, 6.45) is 4.89. The summed E-state index contributed by atoms with van der Waals surface area (Å²) in [5.74, 6) is -0.308. The average molecular weight is 411 g/mol. The van der Waals surface area contributed by atoms with Gasteiger partial charge in [-0.25, -0.2) is 4.90 Å². The minimum atomic E-state index is -0.308. The lowest BCUT2D eigenvalue weighted by molar-refractivity contribution is -0.113. The molecule has 1 saturated heterocycles. The molecule has 0 N–H and O–H groups in total. The number of benzene rings is 2. The maximum Gasteiger partial charge on any atom is 0.298 e. The van der Waals surface area contributed by atoms with Crippen molar-refractivity contribution >= 4 is 57.2 Å². The van der Waals surface area contributed by atoms with E-state index in [0.717, 1.165) is 34.6 Å². The number of imide groups is 1. The molecule has 1 aliphatic rings. The van der Waals surface area contributed by atoms with Gasteiger partial charge >= 0.3 is 0 Å². The van der Waals surface area contributed by atoms with Crippen LogP contribution in [0, 0.1) is 0 Å². The van der Waals surface area contributed by atoms with E-state index in [2.05, 4.69) is 30.7 Å². The molecule has 2 aromatic carbocycles. The number of hydrogen-bond acceptors (Lipinski definition) is 3. The molecule has 1 aromatic heterocycles. The molecule has 1 atom stereocenters. The number of para-hydroxylation sites is 1. The van der Waals surface area contributed by atoms with Gasteiger partial charge < -0.3 is 4.57 Å². The highest BCUT2D eigenvalue weighted by Crippen LogP contribution is 2.37. The molecule has 0 aliphatic carbocycles. The molecule has 2 amide bonds. The standard InChI is InChI=1S/C22H19ClN2O2S/c1-3-14(2)24-13-15(18-6-4-5-7-19(18)24)12-20-21(26)25(22(27)28-20)17-10-8-16(23)9-11-17/h4-14H,3H2,1-2H3/b20-12+/t14-/m0/s1. The van der Waals surface area contributed by atoms with Gasteiger partial charge in [0.1, 0.15) is 0 Å². The van der Waals surface area contributed by atoms with E-state index in [1.165, 1.54) is 4.90 Å². The first kappa shape index (κ1) is 18.8. The SMILES string of the molecule is CC[C@H](C)n1cc(/C=C2/SC(=O)N(c3ccc(Cl)cc3)C2=O)c2ccccc21. The van der Waals surface area contributed by atoms with Gasteiger partial charge in [0.05, 0.1) is 10.6 Å². The van der Waals surface area contributed by atoms with Gasteiger partial charge in [-0.2, -0.15) is 0 Å². The van der Waals surface area contributed by atoms with Gasteiger partial charge in [0.2, 0.25) is 0 Å². The van der Waals surface area contributed by atoms with Crippen molar-refractivity contribution in [2.45, 2.75) is 26.3 Å². The second-order valence-corrected chi connectivity index (χ2v) is 8.19. The van der Waals surface area contributed by atoms with Crippen molar-refractivity contribution in [3.63, 3.8) is 0 Å². The van der Waals surface area contributed by atoms with E-state index in [1.54, 1.807) is 24.3 Å². The topological polar surface area (TPSA) is 42.3 Å². The lowest BCUT2D eigenvalue weighted by atomic mass is 10.1. The van der Waals surface area contributed by atoms with Crippen molar-refractivity contribution in [3.8, 4) is 0 Å². The van der Waals surface area contributed by atoms with Gasteiger partial charge in [0, 0.05) is 33.7 Å². The molecular formula is C22H19ClN2O2S. The highest BCUT2D eigenvalue weighted by atomic mass is 35.5. The summed E-state index contributed by atoms with van der Waals surface area (Å²) in [4.78, 5) is 27.0. The molecule has 1 aliphatic heterocycles. The van der Waals surface area contributed by atoms with Crippen molar-refractivity contribution in [2.24, 2.45) is 0 Å². The van der Waals surface area contributed by atoms with Gasteiger partial charge in [-0.3, -0.25) is 9.59 Å². The van der Waals surface area contributed by atoms with E-state index in [-0.39, 0.29) is 11.1 Å². The van der Waals surface area contributed by atoms with Crippen LogP contribution in [-0.2, 0) is 4.79 Å². The van der Waals surface area contributed by atoms with Gasteiger partial charge in [-0.05, 0) is 61.5 Å². The molecule has 142 valence electrons. The Morgan fingerprint density at radius 3 is 2.54 bits per heavy atom. The van der Waals surface area contributed by atoms with Crippen molar-refractivity contribution in [2.75, 3.05) is 4.90 Å². The Kier molecular flexibility index (Phi) is 5.04. The molecule has 4 nitrogen and oxygen atoms in total. The minimum absolute atomic E-state index is 0.302. The molecule has 4 rings (SSSR count). The van der Waals surface area contributed by atoms with Crippen LogP contribution in [0.15, 0.2) is 59.6 Å². The Bertz CT molecular complexity index is 1100. The fourth-order valence-corrected chi connectivity index (χ4v) is 4.29. The quantitative estimate of drug-likeness (QED) is 0.460. The predicted molar refractivity (Wildman–Crippen MR) is 117 cm³/mol. The molecule has 2 heterocycles. The summed E-state index contributed by atoms with van der Waals surface area (Å²) < 4.78 is 2.23. The highest BCUT2D eigenvalue weighted by molar-refractivity contribution is 8.19. The van der Waals surface area contributed by atoms with Crippen molar-refractivity contribution in [3.05, 3.63) is 70.2 Å². The fourth-order valence-electron chi connectivity index (χ4n) is 3.33. The summed E-state index contributed by atoms with van der Waals surface area (Å²) >= 11 is 6.88. The van der Waals surface area contributed by atoms with Gasteiger partial charge in [-0.1, -0.05) is 36.7 Å². The summed E-state index contributed by atoms with van der Waals surface area (Å²) in [6, 6.07) is 15.2. The molecule has 0 saturated carbocycles. The van der Waals surface area contributed by atoms with E-state index in [1.807, 2.05) is 24.3 Å². The summed E-state index contributed by atoms with van der Waals surface area (Å²) in [5, 5.41) is 1.33. The van der Waals surface area contributed by atoms with Crippen LogP contribution in [0.3, 0.4) is 0 Å². The molecule has 0 unspecified atom stereocenters. The van der Waals surface area contributed by atoms with Crippen LogP contribution < -0.4 is 4.90 Å². The Labute approximate surface area is 172 Å². The van der Waals surface area contributed by atoms with Crippen LogP contribution >= 0.6 is 23.4 Å². The number of rotatable bonds is 4. The Balaban J connectivity index is 1.75. The second kappa shape index (κ2) is 7.49. The minimum Gasteiger partial charge on any atom is -0.344 e. The molecule has 1 fully saturated rings. The number of halogens is 1. The molecular weight excluding hydrogens is 392 g/mol. The zero-order chi connectivity index (χ0) is 19.8. The predicted octanol–water partition coefficient (Wildman–Crippen LogP) is 6.51. The average Bonchev–Trinajstić information content (AvgIpc) is 3.20. The monoisotopic (exact) mass is 410 g/mol. The van der Waals surface area contributed by atoms with Crippen LogP contribution in [-0.4, -0.2) is 15.7 Å². The number of hydrogen-bond donors (Lipinski definition) is 0. The van der Waals surface area contributed by atoms with E-state index in [9.17, 15) is 9.59 Å². The first-order valence-electron chi connectivity index (χ1n) is 9.12. The smallest absolute Gasteiger partial charge is 0.298 e. The molecule has 0 bridgehead atoms. The van der Waals surface area contributed by atoms with Crippen molar-refractivity contribution in [1.29, 1.82) is 0 Å². The lowest BCUT2D eigenvalue weighted by Crippen LogP contribution is -2.27. The van der Waals surface area contributed by atoms with Crippen LogP contribution in [0.1, 0.15) is 31.9 Å². The van der Waals surface area contributed by atoms with Crippen LogP contribution in [0.25, 0.3) is 17.0 Å². The molecule has 3 aromatic rings. The summed E-state index contributed by atoms with van der Waals surface area (Å²) in [6.45, 7) is 4.32. The van der Waals surface area contributed by atoms with Gasteiger partial charge in [0.25, 0.3) is 11.1 Å². The van der Waals surface area contributed by atoms with E-state index >= 15 is 0 Å². The first-order valence-corrected chi connectivity index (χ1v) is 10.3.